The van der Waals surface area contributed by atoms with E-state index >= 15 is 0 Å². The standard InChI is InChI=1S/C21H23ClN4O3/c1-12-18(22)17(25(2)24-12)7-16-14-5-3-4-6-15(14)19(27)26(16)10-13-8-21(9-13)11-23-20(28)29-21/h3-6,13,16H,7-11H2,1-2H3,(H,23,28). The molecule has 0 bridgehead atoms. The molecule has 1 spiro atoms. The second-order valence-corrected chi connectivity index (χ2v) is 8.81. The highest BCUT2D eigenvalue weighted by molar-refractivity contribution is 6.31. The van der Waals surface area contributed by atoms with Crippen molar-refractivity contribution in [1.82, 2.24) is 20.0 Å². The molecule has 1 aliphatic carbocycles. The number of nitrogens with zero attached hydrogens (tertiary/aromatic N) is 3. The van der Waals surface area contributed by atoms with Crippen molar-refractivity contribution in [2.75, 3.05) is 13.1 Å². The van der Waals surface area contributed by atoms with E-state index in [1.54, 1.807) is 0 Å². The summed E-state index contributed by atoms with van der Waals surface area (Å²) in [5, 5.41) is 7.82. The average molecular weight is 415 g/mol. The van der Waals surface area contributed by atoms with Gasteiger partial charge in [0.15, 0.2) is 0 Å². The molecule has 29 heavy (non-hydrogen) atoms. The lowest BCUT2D eigenvalue weighted by Crippen LogP contribution is -2.51. The summed E-state index contributed by atoms with van der Waals surface area (Å²) in [6.45, 7) is 3.10. The molecule has 3 heterocycles. The fourth-order valence-electron chi connectivity index (χ4n) is 5.09. The second-order valence-electron chi connectivity index (χ2n) is 8.43. The minimum Gasteiger partial charge on any atom is -0.441 e. The van der Waals surface area contributed by atoms with Crippen LogP contribution in [0.1, 0.15) is 46.2 Å². The lowest BCUT2D eigenvalue weighted by molar-refractivity contribution is -0.0555. The van der Waals surface area contributed by atoms with Gasteiger partial charge in [-0.15, -0.1) is 0 Å². The first-order chi connectivity index (χ1) is 13.9. The van der Waals surface area contributed by atoms with E-state index in [-0.39, 0.29) is 23.6 Å². The third-order valence-corrected chi connectivity index (χ3v) is 6.97. The maximum Gasteiger partial charge on any atom is 0.407 e. The number of amides is 2. The van der Waals surface area contributed by atoms with Gasteiger partial charge in [-0.1, -0.05) is 29.8 Å². The van der Waals surface area contributed by atoms with Gasteiger partial charge in [0.2, 0.25) is 0 Å². The number of aryl methyl sites for hydroxylation is 2. The molecule has 2 aliphatic heterocycles. The third kappa shape index (κ3) is 2.90. The summed E-state index contributed by atoms with van der Waals surface area (Å²) in [5.74, 6) is 0.371. The van der Waals surface area contributed by atoms with Crippen molar-refractivity contribution >= 4 is 23.6 Å². The summed E-state index contributed by atoms with van der Waals surface area (Å²) in [6, 6.07) is 7.72. The summed E-state index contributed by atoms with van der Waals surface area (Å²) >= 11 is 6.50. The predicted octanol–water partition coefficient (Wildman–Crippen LogP) is 3.01. The summed E-state index contributed by atoms with van der Waals surface area (Å²) in [7, 11) is 1.89. The molecule has 1 aromatic heterocycles. The lowest BCUT2D eigenvalue weighted by atomic mass is 9.70. The molecule has 152 valence electrons. The van der Waals surface area contributed by atoms with Gasteiger partial charge in [-0.25, -0.2) is 4.79 Å². The van der Waals surface area contributed by atoms with Crippen LogP contribution in [0.25, 0.3) is 0 Å². The topological polar surface area (TPSA) is 76.5 Å². The third-order valence-electron chi connectivity index (χ3n) is 6.48. The minimum atomic E-state index is -0.380. The quantitative estimate of drug-likeness (QED) is 0.834. The number of halogens is 1. The van der Waals surface area contributed by atoms with Gasteiger partial charge < -0.3 is 15.0 Å². The zero-order valence-electron chi connectivity index (χ0n) is 16.4. The van der Waals surface area contributed by atoms with Gasteiger partial charge in [0.25, 0.3) is 5.91 Å². The number of benzene rings is 1. The molecule has 1 atom stereocenters. The molecule has 3 aliphatic rings. The van der Waals surface area contributed by atoms with E-state index in [0.717, 1.165) is 35.4 Å². The van der Waals surface area contributed by atoms with Crippen LogP contribution in [0.3, 0.4) is 0 Å². The SMILES string of the molecule is Cc1nn(C)c(CC2c3ccccc3C(=O)N2CC2CC3(CNC(=O)O3)C2)c1Cl. The van der Waals surface area contributed by atoms with Gasteiger partial charge in [0.1, 0.15) is 5.60 Å². The number of alkyl carbamates (subject to hydrolysis) is 1. The van der Waals surface area contributed by atoms with Crippen LogP contribution in [0.5, 0.6) is 0 Å². The lowest BCUT2D eigenvalue weighted by Gasteiger charge is -2.44. The Kier molecular flexibility index (Phi) is 4.13. The Morgan fingerprint density at radius 1 is 1.31 bits per heavy atom. The fourth-order valence-corrected chi connectivity index (χ4v) is 5.33. The highest BCUT2D eigenvalue weighted by Gasteiger charge is 2.52. The molecule has 1 saturated heterocycles. The Hall–Kier alpha value is -2.54. The molecule has 2 amide bonds. The number of hydrogen-bond acceptors (Lipinski definition) is 4. The number of hydrogen-bond donors (Lipinski definition) is 1. The monoisotopic (exact) mass is 414 g/mol. The van der Waals surface area contributed by atoms with Crippen LogP contribution in [0, 0.1) is 12.8 Å². The molecule has 1 unspecified atom stereocenters. The Labute approximate surface area is 174 Å². The summed E-state index contributed by atoms with van der Waals surface area (Å²) in [4.78, 5) is 26.6. The number of rotatable bonds is 4. The first-order valence-electron chi connectivity index (χ1n) is 9.91. The summed E-state index contributed by atoms with van der Waals surface area (Å²) in [6.07, 6.45) is 1.84. The molecular formula is C21H23ClN4O3. The molecule has 7 nitrogen and oxygen atoms in total. The first-order valence-corrected chi connectivity index (χ1v) is 10.3. The smallest absolute Gasteiger partial charge is 0.407 e. The van der Waals surface area contributed by atoms with Gasteiger partial charge in [-0.3, -0.25) is 9.48 Å². The Bertz CT molecular complexity index is 1010. The molecule has 1 N–H and O–H groups in total. The van der Waals surface area contributed by atoms with Crippen molar-refractivity contribution in [3.8, 4) is 0 Å². The van der Waals surface area contributed by atoms with Crippen LogP contribution in [-0.4, -0.2) is 45.4 Å². The highest BCUT2D eigenvalue weighted by atomic mass is 35.5. The number of nitrogens with one attached hydrogen (secondary N) is 1. The molecular weight excluding hydrogens is 392 g/mol. The molecule has 1 aromatic carbocycles. The van der Waals surface area contributed by atoms with Crippen molar-refractivity contribution in [3.63, 3.8) is 0 Å². The van der Waals surface area contributed by atoms with Gasteiger partial charge in [-0.2, -0.15) is 5.10 Å². The van der Waals surface area contributed by atoms with Gasteiger partial charge in [0.05, 0.1) is 29.0 Å². The number of carbonyl (C=O) groups is 2. The van der Waals surface area contributed by atoms with E-state index in [4.69, 9.17) is 16.3 Å². The van der Waals surface area contributed by atoms with Crippen LogP contribution in [0.15, 0.2) is 24.3 Å². The molecule has 1 saturated carbocycles. The number of ether oxygens (including phenoxy) is 1. The Balaban J connectivity index is 1.39. The number of aromatic nitrogens is 2. The Morgan fingerprint density at radius 2 is 2.07 bits per heavy atom. The normalized spacial score (nSPS) is 27.8. The second kappa shape index (κ2) is 6.49. The van der Waals surface area contributed by atoms with Crippen molar-refractivity contribution in [1.29, 1.82) is 0 Å². The molecule has 2 aromatic rings. The van der Waals surface area contributed by atoms with E-state index in [1.165, 1.54) is 0 Å². The van der Waals surface area contributed by atoms with Crippen LogP contribution in [0.2, 0.25) is 5.02 Å². The minimum absolute atomic E-state index is 0.0584. The first kappa shape index (κ1) is 18.5. The largest absolute Gasteiger partial charge is 0.441 e. The van der Waals surface area contributed by atoms with Crippen LogP contribution >= 0.6 is 11.6 Å². The van der Waals surface area contributed by atoms with Crippen LogP contribution in [-0.2, 0) is 18.2 Å². The number of carbonyl (C=O) groups excluding carboxylic acids is 2. The maximum atomic E-state index is 13.2. The summed E-state index contributed by atoms with van der Waals surface area (Å²) in [5.41, 5.74) is 3.15. The number of fused-ring (bicyclic) bond motifs is 1. The van der Waals surface area contributed by atoms with Gasteiger partial charge >= 0.3 is 6.09 Å². The van der Waals surface area contributed by atoms with E-state index in [0.29, 0.717) is 30.5 Å². The van der Waals surface area contributed by atoms with Crippen LogP contribution < -0.4 is 5.32 Å². The zero-order chi connectivity index (χ0) is 20.3. The Morgan fingerprint density at radius 3 is 2.72 bits per heavy atom. The van der Waals surface area contributed by atoms with Crippen molar-refractivity contribution < 1.29 is 14.3 Å². The predicted molar refractivity (Wildman–Crippen MR) is 107 cm³/mol. The van der Waals surface area contributed by atoms with E-state index in [9.17, 15) is 9.59 Å². The van der Waals surface area contributed by atoms with Crippen molar-refractivity contribution in [2.45, 2.75) is 37.8 Å². The zero-order valence-corrected chi connectivity index (χ0v) is 17.2. The molecule has 8 heteroatoms. The van der Waals surface area contributed by atoms with Gasteiger partial charge in [-0.05, 0) is 37.3 Å². The van der Waals surface area contributed by atoms with E-state index < -0.39 is 0 Å². The van der Waals surface area contributed by atoms with E-state index in [1.807, 2.05) is 47.8 Å². The van der Waals surface area contributed by atoms with Crippen molar-refractivity contribution in [2.24, 2.45) is 13.0 Å². The molecule has 0 radical (unpaired) electrons. The maximum absolute atomic E-state index is 13.2. The molecule has 2 fully saturated rings. The summed E-state index contributed by atoms with van der Waals surface area (Å²) < 4.78 is 7.25. The van der Waals surface area contributed by atoms with Gasteiger partial charge in [0, 0.05) is 25.6 Å². The average Bonchev–Trinajstić information content (AvgIpc) is 3.26. The fraction of sp³-hybridized carbons (Fsp3) is 0.476. The van der Waals surface area contributed by atoms with E-state index in [2.05, 4.69) is 10.4 Å². The van der Waals surface area contributed by atoms with Crippen LogP contribution in [0.4, 0.5) is 4.79 Å². The molecule has 5 rings (SSSR count). The van der Waals surface area contributed by atoms with Crippen molar-refractivity contribution in [3.05, 3.63) is 51.8 Å². The highest BCUT2D eigenvalue weighted by Crippen LogP contribution is 2.46.